The van der Waals surface area contributed by atoms with Crippen molar-refractivity contribution < 1.29 is 5.11 Å². The first-order chi connectivity index (χ1) is 6.18. The molecule has 4 heteroatoms. The van der Waals surface area contributed by atoms with Crippen LogP contribution >= 0.6 is 0 Å². The van der Waals surface area contributed by atoms with Crippen LogP contribution in [0.25, 0.3) is 11.0 Å². The predicted molar refractivity (Wildman–Crippen MR) is 50.0 cm³/mol. The Bertz CT molecular complexity index is 433. The smallest absolute Gasteiger partial charge is 0.137 e. The van der Waals surface area contributed by atoms with Crippen molar-refractivity contribution in [2.24, 2.45) is 5.73 Å². The minimum Gasteiger partial charge on any atom is -0.374 e. The molecule has 0 radical (unpaired) electrons. The highest BCUT2D eigenvalue weighted by Crippen LogP contribution is 2.20. The van der Waals surface area contributed by atoms with Crippen LogP contribution < -0.4 is 5.73 Å². The van der Waals surface area contributed by atoms with E-state index >= 15 is 0 Å². The normalized spacial score (nSPS) is 13.5. The molecule has 0 aliphatic carbocycles. The Balaban J connectivity index is 2.71. The molecule has 13 heavy (non-hydrogen) atoms. The molecule has 2 aromatic heterocycles. The lowest BCUT2D eigenvalue weighted by Crippen LogP contribution is -2.07. The van der Waals surface area contributed by atoms with Gasteiger partial charge in [0.05, 0.1) is 0 Å². The number of hydrogen-bond acceptors (Lipinski definition) is 3. The summed E-state index contributed by atoms with van der Waals surface area (Å²) in [7, 11) is 0. The molecule has 2 heterocycles. The van der Waals surface area contributed by atoms with E-state index in [4.69, 9.17) is 5.73 Å². The second-order valence-corrected chi connectivity index (χ2v) is 3.10. The third-order valence-corrected chi connectivity index (χ3v) is 2.02. The van der Waals surface area contributed by atoms with Crippen molar-refractivity contribution in [3.05, 3.63) is 29.6 Å². The number of nitrogens with one attached hydrogen (secondary N) is 1. The van der Waals surface area contributed by atoms with Gasteiger partial charge in [0, 0.05) is 23.3 Å². The number of aromatic amines is 1. The molecule has 1 unspecified atom stereocenters. The number of nitrogens with zero attached hydrogens (tertiary/aromatic N) is 1. The van der Waals surface area contributed by atoms with Crippen molar-refractivity contribution in [1.29, 1.82) is 0 Å². The number of pyridine rings is 1. The van der Waals surface area contributed by atoms with Gasteiger partial charge in [0.1, 0.15) is 11.9 Å². The number of fused-ring (bicyclic) bond motifs is 1. The molecule has 4 N–H and O–H groups in total. The Kier molecular flexibility index (Phi) is 1.79. The lowest BCUT2D eigenvalue weighted by molar-refractivity contribution is 0.188. The summed E-state index contributed by atoms with van der Waals surface area (Å²) in [4.78, 5) is 7.11. The molecule has 68 valence electrons. The number of hydrogen-bond donors (Lipinski definition) is 3. The Morgan fingerprint density at radius 3 is 3.08 bits per heavy atom. The number of nitrogens with two attached hydrogens (primary N) is 1. The summed E-state index contributed by atoms with van der Waals surface area (Å²) < 4.78 is 0. The Labute approximate surface area is 75.4 Å². The molecule has 2 aromatic rings. The molecule has 1 atom stereocenters. The number of aliphatic hydroxyl groups is 1. The van der Waals surface area contributed by atoms with Gasteiger partial charge in [-0.2, -0.15) is 0 Å². The van der Waals surface area contributed by atoms with E-state index in [9.17, 15) is 5.11 Å². The fraction of sp³-hybridized carbons (Fsp3) is 0.222. The van der Waals surface area contributed by atoms with Gasteiger partial charge >= 0.3 is 0 Å². The van der Waals surface area contributed by atoms with Crippen LogP contribution in [-0.2, 0) is 0 Å². The number of H-pyrrole nitrogens is 1. The highest BCUT2D eigenvalue weighted by molar-refractivity contribution is 5.80. The van der Waals surface area contributed by atoms with E-state index < -0.39 is 6.23 Å². The maximum atomic E-state index is 9.23. The summed E-state index contributed by atoms with van der Waals surface area (Å²) in [5, 5.41) is 10.1. The van der Waals surface area contributed by atoms with Crippen molar-refractivity contribution >= 4 is 11.0 Å². The van der Waals surface area contributed by atoms with E-state index in [2.05, 4.69) is 9.97 Å². The first-order valence-electron chi connectivity index (χ1n) is 4.06. The minimum atomic E-state index is -0.947. The van der Waals surface area contributed by atoms with E-state index in [-0.39, 0.29) is 0 Å². The van der Waals surface area contributed by atoms with Gasteiger partial charge in [-0.15, -0.1) is 0 Å². The highest BCUT2D eigenvalue weighted by Gasteiger charge is 2.08. The molecule has 0 aliphatic heterocycles. The highest BCUT2D eigenvalue weighted by atomic mass is 16.3. The van der Waals surface area contributed by atoms with E-state index in [0.717, 1.165) is 16.6 Å². The molecule has 0 aromatic carbocycles. The summed E-state index contributed by atoms with van der Waals surface area (Å²) in [6, 6.07) is 1.95. The molecule has 2 rings (SSSR count). The number of aliphatic hydroxyl groups excluding tert-OH is 1. The van der Waals surface area contributed by atoms with Crippen LogP contribution in [0.15, 0.2) is 18.5 Å². The van der Waals surface area contributed by atoms with Crippen LogP contribution in [0.3, 0.4) is 0 Å². The van der Waals surface area contributed by atoms with Crippen molar-refractivity contribution in [2.75, 3.05) is 0 Å². The topological polar surface area (TPSA) is 74.9 Å². The zero-order chi connectivity index (χ0) is 9.42. The largest absolute Gasteiger partial charge is 0.374 e. The molecule has 0 saturated heterocycles. The average molecular weight is 177 g/mol. The van der Waals surface area contributed by atoms with Crippen molar-refractivity contribution in [3.8, 4) is 0 Å². The van der Waals surface area contributed by atoms with Crippen LogP contribution in [0.1, 0.15) is 17.4 Å². The maximum Gasteiger partial charge on any atom is 0.137 e. The second-order valence-electron chi connectivity index (χ2n) is 3.10. The first kappa shape index (κ1) is 8.22. The Morgan fingerprint density at radius 2 is 2.38 bits per heavy atom. The van der Waals surface area contributed by atoms with Crippen LogP contribution in [0, 0.1) is 6.92 Å². The Morgan fingerprint density at radius 1 is 1.62 bits per heavy atom. The standard InChI is InChI=1S/C9H11N3O/c1-5-2-6-7(8(10)13)4-12-9(6)11-3-5/h2-4,8,13H,10H2,1H3,(H,11,12). The monoisotopic (exact) mass is 177 g/mol. The van der Waals surface area contributed by atoms with E-state index in [1.54, 1.807) is 12.4 Å². The van der Waals surface area contributed by atoms with Gasteiger partial charge in [-0.1, -0.05) is 0 Å². The predicted octanol–water partition coefficient (Wildman–Crippen LogP) is 0.821. The molecular formula is C9H11N3O. The summed E-state index contributed by atoms with van der Waals surface area (Å²) in [6.07, 6.45) is 2.50. The molecule has 0 amide bonds. The van der Waals surface area contributed by atoms with Crippen molar-refractivity contribution in [3.63, 3.8) is 0 Å². The van der Waals surface area contributed by atoms with Gasteiger partial charge in [-0.05, 0) is 18.6 Å². The summed E-state index contributed by atoms with van der Waals surface area (Å²) >= 11 is 0. The molecular weight excluding hydrogens is 166 g/mol. The lowest BCUT2D eigenvalue weighted by Gasteiger charge is -2.01. The van der Waals surface area contributed by atoms with Gasteiger partial charge in [-0.3, -0.25) is 0 Å². The maximum absolute atomic E-state index is 9.23. The van der Waals surface area contributed by atoms with Crippen molar-refractivity contribution in [1.82, 2.24) is 9.97 Å². The quantitative estimate of drug-likeness (QED) is 0.564. The molecule has 0 spiro atoms. The SMILES string of the molecule is Cc1cnc2[nH]cc(C(N)O)c2c1. The van der Waals surface area contributed by atoms with Crippen LogP contribution in [-0.4, -0.2) is 15.1 Å². The zero-order valence-electron chi connectivity index (χ0n) is 7.28. The van der Waals surface area contributed by atoms with Crippen LogP contribution in [0.4, 0.5) is 0 Å². The minimum absolute atomic E-state index is 0.686. The third kappa shape index (κ3) is 1.30. The van der Waals surface area contributed by atoms with Gasteiger partial charge in [0.2, 0.25) is 0 Å². The molecule has 0 aliphatic rings. The molecule has 0 bridgehead atoms. The Hall–Kier alpha value is -1.39. The molecule has 0 saturated carbocycles. The van der Waals surface area contributed by atoms with Gasteiger partial charge in [-0.25, -0.2) is 4.98 Å². The first-order valence-corrected chi connectivity index (χ1v) is 4.06. The molecule has 4 nitrogen and oxygen atoms in total. The van der Waals surface area contributed by atoms with E-state index in [0.29, 0.717) is 5.56 Å². The number of aryl methyl sites for hydroxylation is 1. The van der Waals surface area contributed by atoms with Crippen LogP contribution in [0.2, 0.25) is 0 Å². The fourth-order valence-corrected chi connectivity index (χ4v) is 1.37. The number of aromatic nitrogens is 2. The third-order valence-electron chi connectivity index (χ3n) is 2.02. The summed E-state index contributed by atoms with van der Waals surface area (Å²) in [5.74, 6) is 0. The summed E-state index contributed by atoms with van der Waals surface area (Å²) in [6.45, 7) is 1.95. The average Bonchev–Trinajstić information content (AvgIpc) is 2.46. The van der Waals surface area contributed by atoms with E-state index in [1.165, 1.54) is 0 Å². The molecule has 0 fully saturated rings. The van der Waals surface area contributed by atoms with Gasteiger partial charge in [0.15, 0.2) is 0 Å². The summed E-state index contributed by atoms with van der Waals surface area (Å²) in [5.41, 5.74) is 7.87. The zero-order valence-corrected chi connectivity index (χ0v) is 7.28. The van der Waals surface area contributed by atoms with Crippen LogP contribution in [0.5, 0.6) is 0 Å². The lowest BCUT2D eigenvalue weighted by atomic mass is 10.1. The van der Waals surface area contributed by atoms with Gasteiger partial charge in [0.25, 0.3) is 0 Å². The van der Waals surface area contributed by atoms with Crippen molar-refractivity contribution in [2.45, 2.75) is 13.2 Å². The second kappa shape index (κ2) is 2.83. The number of rotatable bonds is 1. The van der Waals surface area contributed by atoms with Gasteiger partial charge < -0.3 is 15.8 Å². The fourth-order valence-electron chi connectivity index (χ4n) is 1.37. The van der Waals surface area contributed by atoms with E-state index in [1.807, 2.05) is 13.0 Å².